The standard InChI is InChI=1S/C31H24Cl2N6O4S/c1-44(43,38-29(40)18-39-15-14-34-19-39)27-5-3-2-4-24(27)20-6-8-21(9-7-20)30(41)36-26-12-10-22(32)16-25(26)31(42)37-28-13-11-23(33)17-35-28/h2-17,19H,18H2,1H3,(H,36,41)(H,35,37,42). The highest BCUT2D eigenvalue weighted by Gasteiger charge is 2.18. The quantitative estimate of drug-likeness (QED) is 0.199. The number of hydrogen-bond donors (Lipinski definition) is 2. The van der Waals surface area contributed by atoms with Crippen LogP contribution in [0.5, 0.6) is 0 Å². The Balaban J connectivity index is 1.35. The van der Waals surface area contributed by atoms with E-state index in [0.717, 1.165) is 0 Å². The Labute approximate surface area is 263 Å². The Morgan fingerprint density at radius 2 is 1.66 bits per heavy atom. The molecule has 0 radical (unpaired) electrons. The lowest BCUT2D eigenvalue weighted by Crippen LogP contribution is -2.18. The third-order valence-electron chi connectivity index (χ3n) is 6.35. The minimum atomic E-state index is -3.10. The minimum Gasteiger partial charge on any atom is -0.328 e. The van der Waals surface area contributed by atoms with E-state index in [9.17, 15) is 18.6 Å². The van der Waals surface area contributed by atoms with Crippen molar-refractivity contribution in [2.75, 3.05) is 16.9 Å². The number of carbonyl (C=O) groups is 3. The molecule has 2 aromatic heterocycles. The number of carbonyl (C=O) groups excluding carboxylic acids is 3. The van der Waals surface area contributed by atoms with Crippen molar-refractivity contribution in [2.45, 2.75) is 11.4 Å². The second kappa shape index (κ2) is 13.2. The summed E-state index contributed by atoms with van der Waals surface area (Å²) in [4.78, 5) is 47.1. The smallest absolute Gasteiger partial charge is 0.273 e. The van der Waals surface area contributed by atoms with E-state index in [1.165, 1.54) is 30.9 Å². The molecule has 3 amide bonds. The van der Waals surface area contributed by atoms with Crippen LogP contribution < -0.4 is 10.6 Å². The predicted molar refractivity (Wildman–Crippen MR) is 170 cm³/mol. The molecule has 0 aliphatic rings. The van der Waals surface area contributed by atoms with Crippen LogP contribution in [-0.2, 0) is 21.1 Å². The second-order valence-electron chi connectivity index (χ2n) is 9.56. The van der Waals surface area contributed by atoms with Crippen molar-refractivity contribution in [1.82, 2.24) is 14.5 Å². The highest BCUT2D eigenvalue weighted by Crippen LogP contribution is 2.29. The molecule has 0 fully saturated rings. The first-order chi connectivity index (χ1) is 21.1. The zero-order valence-corrected chi connectivity index (χ0v) is 25.4. The molecule has 0 spiro atoms. The molecule has 2 heterocycles. The molecule has 0 bridgehead atoms. The fourth-order valence-corrected chi connectivity index (χ4v) is 6.04. The molecule has 2 N–H and O–H groups in total. The number of benzene rings is 3. The van der Waals surface area contributed by atoms with Gasteiger partial charge in [-0.25, -0.2) is 14.2 Å². The van der Waals surface area contributed by atoms with Crippen LogP contribution in [0.2, 0.25) is 10.0 Å². The maximum absolute atomic E-state index is 13.6. The van der Waals surface area contributed by atoms with Crippen LogP contribution in [0.25, 0.3) is 11.1 Å². The van der Waals surface area contributed by atoms with Crippen molar-refractivity contribution in [1.29, 1.82) is 0 Å². The maximum Gasteiger partial charge on any atom is 0.273 e. The first-order valence-corrected chi connectivity index (χ1v) is 15.7. The third-order valence-corrected chi connectivity index (χ3v) is 8.53. The summed E-state index contributed by atoms with van der Waals surface area (Å²) < 4.78 is 19.2. The molecular weight excluding hydrogens is 623 g/mol. The van der Waals surface area contributed by atoms with Crippen LogP contribution in [0.3, 0.4) is 0 Å². The van der Waals surface area contributed by atoms with Gasteiger partial charge in [-0.15, -0.1) is 0 Å². The number of hydrogen-bond acceptors (Lipinski definition) is 6. The fourth-order valence-electron chi connectivity index (χ4n) is 4.29. The highest BCUT2D eigenvalue weighted by molar-refractivity contribution is 7.93. The number of pyridine rings is 1. The van der Waals surface area contributed by atoms with Gasteiger partial charge in [0.25, 0.3) is 17.7 Å². The Hall–Kier alpha value is -4.84. The third kappa shape index (κ3) is 7.38. The van der Waals surface area contributed by atoms with Gasteiger partial charge in [-0.05, 0) is 59.7 Å². The van der Waals surface area contributed by atoms with E-state index >= 15 is 0 Å². The van der Waals surface area contributed by atoms with Crippen LogP contribution in [0.4, 0.5) is 11.5 Å². The van der Waals surface area contributed by atoms with E-state index in [1.807, 2.05) is 0 Å². The van der Waals surface area contributed by atoms with Gasteiger partial charge in [-0.1, -0.05) is 53.5 Å². The number of halogens is 2. The van der Waals surface area contributed by atoms with Gasteiger partial charge in [-0.2, -0.15) is 4.36 Å². The van der Waals surface area contributed by atoms with Gasteiger partial charge in [-0.3, -0.25) is 14.4 Å². The first kappa shape index (κ1) is 30.6. The molecule has 13 heteroatoms. The van der Waals surface area contributed by atoms with E-state index in [-0.39, 0.29) is 23.6 Å². The van der Waals surface area contributed by atoms with E-state index in [2.05, 4.69) is 25.0 Å². The molecule has 1 atom stereocenters. The molecule has 5 rings (SSSR count). The molecule has 222 valence electrons. The summed E-state index contributed by atoms with van der Waals surface area (Å²) >= 11 is 12.0. The molecule has 1 unspecified atom stereocenters. The average molecular weight is 648 g/mol. The summed E-state index contributed by atoms with van der Waals surface area (Å²) in [5.41, 5.74) is 1.97. The zero-order valence-electron chi connectivity index (χ0n) is 23.1. The lowest BCUT2D eigenvalue weighted by atomic mass is 10.0. The number of nitrogens with zero attached hydrogens (tertiary/aromatic N) is 4. The van der Waals surface area contributed by atoms with E-state index in [1.54, 1.807) is 83.7 Å². The van der Waals surface area contributed by atoms with Crippen LogP contribution in [0, 0.1) is 0 Å². The largest absolute Gasteiger partial charge is 0.328 e. The molecule has 0 aliphatic carbocycles. The molecule has 0 aliphatic heterocycles. The lowest BCUT2D eigenvalue weighted by Gasteiger charge is -2.13. The highest BCUT2D eigenvalue weighted by atomic mass is 35.5. The van der Waals surface area contributed by atoms with Crippen molar-refractivity contribution in [2.24, 2.45) is 4.36 Å². The Kier molecular flexibility index (Phi) is 9.19. The summed E-state index contributed by atoms with van der Waals surface area (Å²) in [6.45, 7) is -0.0776. The Bertz CT molecular complexity index is 1970. The molecule has 10 nitrogen and oxygen atoms in total. The van der Waals surface area contributed by atoms with Crippen molar-refractivity contribution in [3.63, 3.8) is 0 Å². The van der Waals surface area contributed by atoms with Gasteiger partial charge >= 0.3 is 0 Å². The monoisotopic (exact) mass is 646 g/mol. The van der Waals surface area contributed by atoms with Crippen LogP contribution >= 0.6 is 23.2 Å². The molecule has 5 aromatic rings. The van der Waals surface area contributed by atoms with Gasteiger partial charge < -0.3 is 15.2 Å². The number of amides is 3. The summed E-state index contributed by atoms with van der Waals surface area (Å²) in [5, 5.41) is 6.14. The number of aromatic nitrogens is 3. The summed E-state index contributed by atoms with van der Waals surface area (Å²) in [5.74, 6) is -1.26. The van der Waals surface area contributed by atoms with Crippen molar-refractivity contribution < 1.29 is 18.6 Å². The van der Waals surface area contributed by atoms with Gasteiger partial charge in [0.2, 0.25) is 0 Å². The van der Waals surface area contributed by atoms with E-state index in [4.69, 9.17) is 23.2 Å². The first-order valence-electron chi connectivity index (χ1n) is 13.0. The molecule has 44 heavy (non-hydrogen) atoms. The molecule has 3 aromatic carbocycles. The summed E-state index contributed by atoms with van der Waals surface area (Å²) in [7, 11) is -3.10. The summed E-state index contributed by atoms with van der Waals surface area (Å²) in [6.07, 6.45) is 7.47. The number of nitrogens with one attached hydrogen (secondary N) is 2. The molecule has 0 saturated heterocycles. The predicted octanol–water partition coefficient (Wildman–Crippen LogP) is 6.44. The lowest BCUT2D eigenvalue weighted by molar-refractivity contribution is -0.118. The second-order valence-corrected chi connectivity index (χ2v) is 12.7. The zero-order chi connectivity index (χ0) is 31.3. The van der Waals surface area contributed by atoms with Crippen LogP contribution in [0.15, 0.2) is 113 Å². The van der Waals surface area contributed by atoms with E-state index < -0.39 is 27.5 Å². The van der Waals surface area contributed by atoms with Gasteiger partial charge in [0.15, 0.2) is 0 Å². The van der Waals surface area contributed by atoms with Crippen molar-refractivity contribution in [3.05, 3.63) is 125 Å². The van der Waals surface area contributed by atoms with Crippen molar-refractivity contribution >= 4 is 62.2 Å². The topological polar surface area (TPSA) is 135 Å². The summed E-state index contributed by atoms with van der Waals surface area (Å²) in [6, 6.07) is 21.2. The van der Waals surface area contributed by atoms with E-state index in [0.29, 0.717) is 31.6 Å². The van der Waals surface area contributed by atoms with Gasteiger partial charge in [0, 0.05) is 35.4 Å². The Morgan fingerprint density at radius 1 is 0.909 bits per heavy atom. The minimum absolute atomic E-state index is 0.0776. The average Bonchev–Trinajstić information content (AvgIpc) is 3.52. The molecule has 0 saturated carbocycles. The van der Waals surface area contributed by atoms with Gasteiger partial charge in [0.1, 0.15) is 12.4 Å². The SMILES string of the molecule is CS(=O)(=NC(=O)Cn1ccnc1)c1ccccc1-c1ccc(C(=O)Nc2ccc(Cl)cc2C(=O)Nc2ccc(Cl)cn2)cc1. The number of anilines is 2. The fraction of sp³-hybridized carbons (Fsp3) is 0.0645. The number of imidazole rings is 1. The van der Waals surface area contributed by atoms with Crippen LogP contribution in [0.1, 0.15) is 20.7 Å². The van der Waals surface area contributed by atoms with Gasteiger partial charge in [0.05, 0.1) is 37.2 Å². The molecular formula is C31H24Cl2N6O4S. The van der Waals surface area contributed by atoms with Crippen molar-refractivity contribution in [3.8, 4) is 11.1 Å². The normalized spacial score (nSPS) is 12.2. The Morgan fingerprint density at radius 3 is 2.36 bits per heavy atom. The number of rotatable bonds is 8. The maximum atomic E-state index is 13.6. The van der Waals surface area contributed by atoms with Crippen LogP contribution in [-0.4, -0.2) is 42.7 Å².